The molecule has 3 fully saturated rings. The summed E-state index contributed by atoms with van der Waals surface area (Å²) in [5.41, 5.74) is 1.08. The van der Waals surface area contributed by atoms with E-state index in [4.69, 9.17) is 27.9 Å². The Morgan fingerprint density at radius 2 is 1.58 bits per heavy atom. The number of hydrogen-bond donors (Lipinski definition) is 1. The first-order valence-electron chi connectivity index (χ1n) is 10.7. The lowest BCUT2D eigenvalue weighted by molar-refractivity contribution is -0.123. The van der Waals surface area contributed by atoms with Crippen molar-refractivity contribution in [2.45, 2.75) is 19.3 Å². The second-order valence-corrected chi connectivity index (χ2v) is 9.51. The molecule has 3 aliphatic rings. The van der Waals surface area contributed by atoms with Gasteiger partial charge in [-0.05, 0) is 73.6 Å². The molecule has 1 aliphatic heterocycles. The number of rotatable bonds is 5. The molecule has 2 aromatic carbocycles. The van der Waals surface area contributed by atoms with Crippen molar-refractivity contribution in [2.24, 2.45) is 23.7 Å². The third-order valence-corrected chi connectivity index (χ3v) is 7.57. The van der Waals surface area contributed by atoms with Crippen LogP contribution in [0.25, 0.3) is 0 Å². The summed E-state index contributed by atoms with van der Waals surface area (Å²) < 4.78 is 5.06. The first kappa shape index (κ1) is 21.9. The Bertz CT molecular complexity index is 1140. The first-order chi connectivity index (χ1) is 15.8. The van der Waals surface area contributed by atoms with E-state index in [0.29, 0.717) is 28.2 Å². The lowest BCUT2D eigenvalue weighted by atomic mass is 9.81. The first-order valence-corrected chi connectivity index (χ1v) is 11.5. The Kier molecular flexibility index (Phi) is 5.62. The van der Waals surface area contributed by atoms with Gasteiger partial charge in [0.15, 0.2) is 6.61 Å². The minimum absolute atomic E-state index is 0.133. The molecule has 7 nitrogen and oxygen atoms in total. The number of nitrogens with one attached hydrogen (secondary N) is 1. The highest BCUT2D eigenvalue weighted by Gasteiger charge is 2.61. The quantitative estimate of drug-likeness (QED) is 0.501. The van der Waals surface area contributed by atoms with Crippen LogP contribution in [0.15, 0.2) is 42.5 Å². The molecule has 2 aliphatic carbocycles. The van der Waals surface area contributed by atoms with Gasteiger partial charge in [0.2, 0.25) is 11.8 Å². The fourth-order valence-corrected chi connectivity index (χ4v) is 5.69. The number of halogens is 2. The van der Waals surface area contributed by atoms with E-state index in [9.17, 15) is 19.2 Å². The van der Waals surface area contributed by atoms with E-state index in [0.717, 1.165) is 19.3 Å². The number of carbonyl (C=O) groups excluding carboxylic acids is 4. The summed E-state index contributed by atoms with van der Waals surface area (Å²) in [5.74, 6) is -1.27. The number of ether oxygens (including phenoxy) is 1. The minimum atomic E-state index is -0.695. The van der Waals surface area contributed by atoms with Crippen LogP contribution >= 0.6 is 23.2 Å². The lowest BCUT2D eigenvalue weighted by Gasteiger charge is -2.19. The average Bonchev–Trinajstić information content (AvgIpc) is 3.48. The smallest absolute Gasteiger partial charge is 0.338 e. The molecule has 0 unspecified atom stereocenters. The Morgan fingerprint density at radius 3 is 2.18 bits per heavy atom. The molecule has 0 spiro atoms. The SMILES string of the molecule is O=C(COC(=O)c1ccc(N2C(=O)[C@H]3[C@H]4CC[C@@H](C4)[C@@H]3C2=O)cc1)Nc1ccc(Cl)c(Cl)c1. The zero-order valence-electron chi connectivity index (χ0n) is 17.4. The van der Waals surface area contributed by atoms with E-state index in [1.165, 1.54) is 23.1 Å². The largest absolute Gasteiger partial charge is 0.452 e. The predicted octanol–water partition coefficient (Wildman–Crippen LogP) is 4.32. The van der Waals surface area contributed by atoms with Gasteiger partial charge >= 0.3 is 5.97 Å². The maximum Gasteiger partial charge on any atom is 0.338 e. The normalized spacial score (nSPS) is 25.3. The molecular weight excluding hydrogens is 467 g/mol. The van der Waals surface area contributed by atoms with Crippen molar-refractivity contribution in [3.8, 4) is 0 Å². The van der Waals surface area contributed by atoms with E-state index >= 15 is 0 Å². The topological polar surface area (TPSA) is 92.8 Å². The van der Waals surface area contributed by atoms with E-state index in [1.54, 1.807) is 24.3 Å². The van der Waals surface area contributed by atoms with Crippen LogP contribution in [0.2, 0.25) is 10.0 Å². The molecule has 4 atom stereocenters. The molecule has 1 saturated heterocycles. The Labute approximate surface area is 200 Å². The number of benzene rings is 2. The number of carbonyl (C=O) groups is 4. The van der Waals surface area contributed by atoms with Crippen LogP contribution in [0, 0.1) is 23.7 Å². The fourth-order valence-electron chi connectivity index (χ4n) is 5.40. The minimum Gasteiger partial charge on any atom is -0.452 e. The zero-order valence-corrected chi connectivity index (χ0v) is 18.9. The molecule has 9 heteroatoms. The van der Waals surface area contributed by atoms with Crippen molar-refractivity contribution in [1.82, 2.24) is 0 Å². The van der Waals surface area contributed by atoms with Crippen LogP contribution in [-0.2, 0) is 19.1 Å². The highest BCUT2D eigenvalue weighted by atomic mass is 35.5. The fraction of sp³-hybridized carbons (Fsp3) is 0.333. The Morgan fingerprint density at radius 1 is 0.939 bits per heavy atom. The molecule has 0 aromatic heterocycles. The highest BCUT2D eigenvalue weighted by molar-refractivity contribution is 6.42. The van der Waals surface area contributed by atoms with Crippen molar-refractivity contribution in [2.75, 3.05) is 16.8 Å². The molecule has 2 aromatic rings. The van der Waals surface area contributed by atoms with Crippen molar-refractivity contribution < 1.29 is 23.9 Å². The van der Waals surface area contributed by atoms with Gasteiger partial charge in [-0.25, -0.2) is 4.79 Å². The summed E-state index contributed by atoms with van der Waals surface area (Å²) in [5, 5.41) is 3.21. The van der Waals surface area contributed by atoms with Gasteiger partial charge in [-0.15, -0.1) is 0 Å². The number of anilines is 2. The predicted molar refractivity (Wildman–Crippen MR) is 122 cm³/mol. The van der Waals surface area contributed by atoms with Crippen molar-refractivity contribution in [1.29, 1.82) is 0 Å². The van der Waals surface area contributed by atoms with Gasteiger partial charge in [-0.2, -0.15) is 0 Å². The molecule has 33 heavy (non-hydrogen) atoms. The molecule has 3 amide bonds. The number of hydrogen-bond acceptors (Lipinski definition) is 5. The van der Waals surface area contributed by atoms with Crippen LogP contribution in [0.5, 0.6) is 0 Å². The molecule has 170 valence electrons. The summed E-state index contributed by atoms with van der Waals surface area (Å²) in [6, 6.07) is 10.7. The van der Waals surface area contributed by atoms with Gasteiger partial charge in [0.25, 0.3) is 5.91 Å². The number of nitrogens with zero attached hydrogens (tertiary/aromatic N) is 1. The number of imide groups is 1. The van der Waals surface area contributed by atoms with E-state index in [1.807, 2.05) is 0 Å². The standard InChI is InChI=1S/C24H20Cl2N2O5/c25-17-8-5-15(10-18(17)26)27-19(29)11-33-24(32)12-3-6-16(7-4-12)28-22(30)20-13-1-2-14(9-13)21(20)23(28)31/h3-8,10,13-14,20-21H,1-2,9,11H2,(H,27,29)/t13-,14-,20-,21-/m0/s1. The lowest BCUT2D eigenvalue weighted by Crippen LogP contribution is -2.32. The third kappa shape index (κ3) is 3.89. The molecule has 2 bridgehead atoms. The van der Waals surface area contributed by atoms with Crippen LogP contribution in [0.3, 0.4) is 0 Å². The summed E-state index contributed by atoms with van der Waals surface area (Å²) in [4.78, 5) is 51.5. The molecule has 1 heterocycles. The molecule has 5 rings (SSSR count). The van der Waals surface area contributed by atoms with Crippen molar-refractivity contribution in [3.05, 3.63) is 58.1 Å². The van der Waals surface area contributed by atoms with E-state index in [-0.39, 0.29) is 34.2 Å². The van der Waals surface area contributed by atoms with Gasteiger partial charge in [0, 0.05) is 5.69 Å². The van der Waals surface area contributed by atoms with Gasteiger partial charge in [-0.1, -0.05) is 23.2 Å². The summed E-state index contributed by atoms with van der Waals surface area (Å²) >= 11 is 11.8. The second-order valence-electron chi connectivity index (χ2n) is 8.70. The maximum atomic E-state index is 12.9. The van der Waals surface area contributed by atoms with Crippen LogP contribution in [-0.4, -0.2) is 30.3 Å². The number of amides is 3. The Hall–Kier alpha value is -2.90. The Balaban J connectivity index is 1.19. The molecule has 0 radical (unpaired) electrons. The molecular formula is C24H20Cl2N2O5. The highest BCUT2D eigenvalue weighted by Crippen LogP contribution is 2.56. The third-order valence-electron chi connectivity index (χ3n) is 6.83. The molecule has 2 saturated carbocycles. The van der Waals surface area contributed by atoms with Crippen molar-refractivity contribution >= 4 is 58.3 Å². The second kappa shape index (κ2) is 8.47. The summed E-state index contributed by atoms with van der Waals surface area (Å²) in [6.45, 7) is -0.490. The monoisotopic (exact) mass is 486 g/mol. The summed E-state index contributed by atoms with van der Waals surface area (Å²) in [6.07, 6.45) is 3.01. The van der Waals surface area contributed by atoms with Crippen LogP contribution in [0.1, 0.15) is 29.6 Å². The number of fused-ring (bicyclic) bond motifs is 5. The van der Waals surface area contributed by atoms with Gasteiger partial charge in [-0.3, -0.25) is 19.3 Å². The van der Waals surface area contributed by atoms with Gasteiger partial charge in [0.05, 0.1) is 33.1 Å². The molecule has 1 N–H and O–H groups in total. The number of esters is 1. The van der Waals surface area contributed by atoms with E-state index in [2.05, 4.69) is 5.32 Å². The summed E-state index contributed by atoms with van der Waals surface area (Å²) in [7, 11) is 0. The van der Waals surface area contributed by atoms with E-state index < -0.39 is 18.5 Å². The van der Waals surface area contributed by atoms with Crippen molar-refractivity contribution in [3.63, 3.8) is 0 Å². The van der Waals surface area contributed by atoms with Crippen LogP contribution < -0.4 is 10.2 Å². The van der Waals surface area contributed by atoms with Gasteiger partial charge < -0.3 is 10.1 Å². The van der Waals surface area contributed by atoms with Gasteiger partial charge in [0.1, 0.15) is 0 Å². The average molecular weight is 487 g/mol. The van der Waals surface area contributed by atoms with Crippen LogP contribution in [0.4, 0.5) is 11.4 Å². The maximum absolute atomic E-state index is 12.9. The zero-order chi connectivity index (χ0) is 23.3.